The molecule has 1 unspecified atom stereocenters. The number of fused-ring (bicyclic) bond motifs is 1. The number of carbonyl (C=O) groups excluding carboxylic acids is 2. The van der Waals surface area contributed by atoms with E-state index in [-0.39, 0.29) is 18.0 Å². The number of carbonyl (C=O) groups is 2. The third kappa shape index (κ3) is 4.10. The zero-order valence-electron chi connectivity index (χ0n) is 17.3. The minimum Gasteiger partial charge on any atom is -0.486 e. The van der Waals surface area contributed by atoms with Gasteiger partial charge in [-0.3, -0.25) is 4.79 Å². The van der Waals surface area contributed by atoms with Crippen molar-refractivity contribution in [3.63, 3.8) is 0 Å². The van der Waals surface area contributed by atoms with E-state index in [1.807, 2.05) is 41.3 Å². The van der Waals surface area contributed by atoms with Crippen LogP contribution in [0, 0.1) is 0 Å². The third-order valence-electron chi connectivity index (χ3n) is 5.98. The van der Waals surface area contributed by atoms with Gasteiger partial charge in [-0.05, 0) is 24.3 Å². The fourth-order valence-electron chi connectivity index (χ4n) is 4.33. The Morgan fingerprint density at radius 1 is 0.903 bits per heavy atom. The molecule has 1 N–H and O–H groups in total. The second-order valence-electron chi connectivity index (χ2n) is 7.99. The largest absolute Gasteiger partial charge is 0.486 e. The van der Waals surface area contributed by atoms with Crippen molar-refractivity contribution in [1.82, 2.24) is 10.2 Å². The molecule has 3 amide bonds. The highest BCUT2D eigenvalue weighted by Gasteiger charge is 2.33. The average Bonchev–Trinajstić information content (AvgIpc) is 3.19. The minimum absolute atomic E-state index is 0.00382. The van der Waals surface area contributed by atoms with E-state index in [4.69, 9.17) is 9.47 Å². The van der Waals surface area contributed by atoms with Crippen LogP contribution >= 0.6 is 0 Å². The normalized spacial score (nSPS) is 20.7. The lowest BCUT2D eigenvalue weighted by atomic mass is 10.2. The predicted octanol–water partition coefficient (Wildman–Crippen LogP) is 2.09. The number of ether oxygens (including phenoxy) is 2. The van der Waals surface area contributed by atoms with Gasteiger partial charge in [-0.2, -0.15) is 0 Å². The molecule has 0 aliphatic carbocycles. The van der Waals surface area contributed by atoms with E-state index < -0.39 is 0 Å². The smallest absolute Gasteiger partial charge is 0.317 e. The number of rotatable bonds is 3. The number of amides is 3. The van der Waals surface area contributed by atoms with Crippen molar-refractivity contribution in [2.45, 2.75) is 12.5 Å². The first-order valence-electron chi connectivity index (χ1n) is 10.7. The zero-order valence-corrected chi connectivity index (χ0v) is 17.3. The molecule has 1 atom stereocenters. The second-order valence-corrected chi connectivity index (χ2v) is 7.99. The highest BCUT2D eigenvalue weighted by Crippen LogP contribution is 2.35. The van der Waals surface area contributed by atoms with Gasteiger partial charge < -0.3 is 29.5 Å². The predicted molar refractivity (Wildman–Crippen MR) is 117 cm³/mol. The first kappa shape index (κ1) is 19.5. The molecule has 8 nitrogen and oxygen atoms in total. The minimum atomic E-state index is -0.208. The summed E-state index contributed by atoms with van der Waals surface area (Å²) in [5, 5.41) is 3.05. The molecular formula is C23H26N4O4. The summed E-state index contributed by atoms with van der Waals surface area (Å²) in [4.78, 5) is 31.2. The molecule has 0 saturated carbocycles. The fraction of sp³-hybridized carbons (Fsp3) is 0.391. The molecule has 3 aliphatic rings. The molecular weight excluding hydrogens is 396 g/mol. The number of benzene rings is 2. The van der Waals surface area contributed by atoms with Crippen molar-refractivity contribution in [2.24, 2.45) is 0 Å². The van der Waals surface area contributed by atoms with Crippen LogP contribution in [0.4, 0.5) is 16.2 Å². The summed E-state index contributed by atoms with van der Waals surface area (Å²) < 4.78 is 11.2. The van der Waals surface area contributed by atoms with Gasteiger partial charge in [-0.1, -0.05) is 18.2 Å². The van der Waals surface area contributed by atoms with Gasteiger partial charge >= 0.3 is 6.03 Å². The summed E-state index contributed by atoms with van der Waals surface area (Å²) in [5.41, 5.74) is 1.95. The van der Waals surface area contributed by atoms with Crippen LogP contribution < -0.4 is 24.6 Å². The number of nitrogens with one attached hydrogen (secondary N) is 1. The molecule has 162 valence electrons. The van der Waals surface area contributed by atoms with Gasteiger partial charge in [0.1, 0.15) is 13.2 Å². The quantitative estimate of drug-likeness (QED) is 0.820. The molecule has 2 fully saturated rings. The maximum Gasteiger partial charge on any atom is 0.317 e. The molecule has 0 aromatic heterocycles. The van der Waals surface area contributed by atoms with Crippen molar-refractivity contribution < 1.29 is 19.1 Å². The Morgan fingerprint density at radius 3 is 2.42 bits per heavy atom. The summed E-state index contributed by atoms with van der Waals surface area (Å²) in [6.07, 6.45) is 0.296. The molecule has 2 aromatic rings. The topological polar surface area (TPSA) is 74.3 Å². The lowest BCUT2D eigenvalue weighted by Gasteiger charge is -2.36. The average molecular weight is 422 g/mol. The van der Waals surface area contributed by atoms with Gasteiger partial charge in [-0.25, -0.2) is 4.79 Å². The molecule has 2 saturated heterocycles. The first-order valence-corrected chi connectivity index (χ1v) is 10.7. The number of hydrogen-bond acceptors (Lipinski definition) is 5. The number of para-hydroxylation sites is 1. The fourth-order valence-corrected chi connectivity index (χ4v) is 4.33. The highest BCUT2D eigenvalue weighted by molar-refractivity contribution is 5.97. The van der Waals surface area contributed by atoms with E-state index >= 15 is 0 Å². The lowest BCUT2D eigenvalue weighted by Crippen LogP contribution is -2.53. The molecule has 0 radical (unpaired) electrons. The van der Waals surface area contributed by atoms with E-state index in [2.05, 4.69) is 22.3 Å². The number of hydrogen-bond donors (Lipinski definition) is 1. The summed E-state index contributed by atoms with van der Waals surface area (Å²) >= 11 is 0. The third-order valence-corrected chi connectivity index (χ3v) is 5.98. The zero-order chi connectivity index (χ0) is 21.2. The molecule has 31 heavy (non-hydrogen) atoms. The Morgan fingerprint density at radius 2 is 1.65 bits per heavy atom. The van der Waals surface area contributed by atoms with Crippen LogP contribution in [0.15, 0.2) is 48.5 Å². The van der Waals surface area contributed by atoms with Crippen molar-refractivity contribution >= 4 is 23.3 Å². The lowest BCUT2D eigenvalue weighted by molar-refractivity contribution is -0.117. The van der Waals surface area contributed by atoms with Gasteiger partial charge in [-0.15, -0.1) is 0 Å². The molecule has 0 spiro atoms. The highest BCUT2D eigenvalue weighted by atomic mass is 16.6. The standard InChI is InChI=1S/C23H26N4O4/c28-22-14-17(16-27(22)19-6-7-20-21(15-19)31-13-12-30-20)24-23(29)26-10-8-25(9-11-26)18-4-2-1-3-5-18/h1-7,15,17H,8-14,16H2,(H,24,29). The monoisotopic (exact) mass is 422 g/mol. The Labute approximate surface area is 181 Å². The molecule has 3 aliphatic heterocycles. The van der Waals surface area contributed by atoms with Crippen molar-refractivity contribution in [1.29, 1.82) is 0 Å². The molecule has 3 heterocycles. The Kier molecular flexibility index (Phi) is 5.28. The molecule has 0 bridgehead atoms. The number of nitrogens with zero attached hydrogens (tertiary/aromatic N) is 3. The van der Waals surface area contributed by atoms with Gasteiger partial charge in [0.15, 0.2) is 11.5 Å². The van der Waals surface area contributed by atoms with E-state index in [1.54, 1.807) is 4.90 Å². The maximum atomic E-state index is 12.8. The Balaban J connectivity index is 1.16. The Bertz CT molecular complexity index is 959. The van der Waals surface area contributed by atoms with Crippen LogP contribution in [0.25, 0.3) is 0 Å². The van der Waals surface area contributed by atoms with Crippen LogP contribution in [0.5, 0.6) is 11.5 Å². The van der Waals surface area contributed by atoms with Crippen LogP contribution in [0.2, 0.25) is 0 Å². The van der Waals surface area contributed by atoms with E-state index in [1.165, 1.54) is 5.69 Å². The number of urea groups is 1. The van der Waals surface area contributed by atoms with Crippen LogP contribution in [-0.2, 0) is 4.79 Å². The summed E-state index contributed by atoms with van der Waals surface area (Å²) in [5.74, 6) is 1.34. The first-order chi connectivity index (χ1) is 15.2. The van der Waals surface area contributed by atoms with E-state index in [9.17, 15) is 9.59 Å². The van der Waals surface area contributed by atoms with Crippen LogP contribution in [-0.4, -0.2) is 68.8 Å². The van der Waals surface area contributed by atoms with E-state index in [0.29, 0.717) is 50.8 Å². The van der Waals surface area contributed by atoms with Crippen molar-refractivity contribution in [3.8, 4) is 11.5 Å². The summed E-state index contributed by atoms with van der Waals surface area (Å²) in [6, 6.07) is 15.4. The summed E-state index contributed by atoms with van der Waals surface area (Å²) in [7, 11) is 0. The van der Waals surface area contributed by atoms with Gasteiger partial charge in [0.05, 0.1) is 6.04 Å². The van der Waals surface area contributed by atoms with Gasteiger partial charge in [0.2, 0.25) is 5.91 Å². The van der Waals surface area contributed by atoms with Crippen molar-refractivity contribution in [3.05, 3.63) is 48.5 Å². The molecule has 2 aromatic carbocycles. The van der Waals surface area contributed by atoms with Crippen molar-refractivity contribution in [2.75, 3.05) is 55.7 Å². The molecule has 5 rings (SSSR count). The van der Waals surface area contributed by atoms with Crippen LogP contribution in [0.3, 0.4) is 0 Å². The SMILES string of the molecule is O=C(NC1CC(=O)N(c2ccc3c(c2)OCCO3)C1)N1CCN(c2ccccc2)CC1. The number of piperazine rings is 1. The Hall–Kier alpha value is -3.42. The number of anilines is 2. The van der Waals surface area contributed by atoms with Gasteiger partial charge in [0, 0.05) is 56.6 Å². The molecule has 8 heteroatoms. The van der Waals surface area contributed by atoms with Crippen LogP contribution in [0.1, 0.15) is 6.42 Å². The van der Waals surface area contributed by atoms with E-state index in [0.717, 1.165) is 18.8 Å². The van der Waals surface area contributed by atoms with Gasteiger partial charge in [0.25, 0.3) is 0 Å². The second kappa shape index (κ2) is 8.37. The maximum absolute atomic E-state index is 12.8. The summed E-state index contributed by atoms with van der Waals surface area (Å²) in [6.45, 7) is 4.40.